The average Bonchev–Trinajstić information content (AvgIpc) is 2.16. The van der Waals surface area contributed by atoms with Crippen molar-refractivity contribution in [2.24, 2.45) is 0 Å². The molecule has 0 aliphatic rings. The van der Waals surface area contributed by atoms with Gasteiger partial charge in [0, 0.05) is 0 Å². The van der Waals surface area contributed by atoms with E-state index in [-0.39, 0.29) is 0 Å². The lowest BCUT2D eigenvalue weighted by atomic mass is 10.3. The zero-order chi connectivity index (χ0) is 12.4. The normalized spacial score (nSPS) is 12.5. The Balaban J connectivity index is 3.22. The number of ether oxygens (including phenoxy) is 1. The van der Waals surface area contributed by atoms with E-state index in [9.17, 15) is 21.6 Å². The Labute approximate surface area is 90.1 Å². The van der Waals surface area contributed by atoms with Crippen LogP contribution in [0.2, 0.25) is 0 Å². The average molecular weight is 255 g/mol. The molecule has 0 heterocycles. The lowest BCUT2D eigenvalue weighted by Crippen LogP contribution is -2.23. The van der Waals surface area contributed by atoms with Gasteiger partial charge in [0.1, 0.15) is 10.6 Å². The van der Waals surface area contributed by atoms with Gasteiger partial charge in [0.2, 0.25) is 10.0 Å². The molecule has 0 aliphatic carbocycles. The first-order chi connectivity index (χ1) is 7.26. The van der Waals surface area contributed by atoms with Crippen LogP contribution in [0.4, 0.5) is 13.2 Å². The molecule has 0 aromatic heterocycles. The predicted molar refractivity (Wildman–Crippen MR) is 49.4 cm³/mol. The van der Waals surface area contributed by atoms with Crippen LogP contribution in [0.25, 0.3) is 0 Å². The first-order valence-corrected chi connectivity index (χ1v) is 5.53. The number of nitrogens with one attached hydrogen (secondary N) is 1. The van der Waals surface area contributed by atoms with E-state index < -0.39 is 27.0 Å². The van der Waals surface area contributed by atoms with Crippen LogP contribution in [0.5, 0.6) is 5.75 Å². The van der Waals surface area contributed by atoms with Crippen molar-refractivity contribution in [2.75, 3.05) is 7.05 Å². The smallest absolute Gasteiger partial charge is 0.404 e. The van der Waals surface area contributed by atoms with Gasteiger partial charge in [-0.25, -0.2) is 13.1 Å². The summed E-state index contributed by atoms with van der Waals surface area (Å²) in [6, 6.07) is 4.49. The summed E-state index contributed by atoms with van der Waals surface area (Å²) in [5, 5.41) is 0. The van der Waals surface area contributed by atoms with Gasteiger partial charge in [-0.05, 0) is 19.2 Å². The summed E-state index contributed by atoms with van der Waals surface area (Å²) in [5.41, 5.74) is 0. The molecule has 1 aromatic rings. The summed E-state index contributed by atoms with van der Waals surface area (Å²) in [6.45, 7) is 0. The number of sulfonamides is 1. The van der Waals surface area contributed by atoms with Gasteiger partial charge in [-0.15, -0.1) is 13.2 Å². The summed E-state index contributed by atoms with van der Waals surface area (Å²) >= 11 is 0. The first kappa shape index (κ1) is 12.8. The van der Waals surface area contributed by atoms with Crippen molar-refractivity contribution in [3.63, 3.8) is 0 Å². The minimum atomic E-state index is -4.93. The lowest BCUT2D eigenvalue weighted by Gasteiger charge is -2.12. The number of benzene rings is 1. The maximum Gasteiger partial charge on any atom is 0.573 e. The number of hydrogen-bond donors (Lipinski definition) is 1. The number of halogens is 3. The standard InChI is InChI=1S/C8H8F3NO3S/c1-12-16(13,14)7-5-3-2-4-6(7)15-8(9,10)11/h2-5,12H,1H3. The molecule has 0 atom stereocenters. The molecule has 0 fully saturated rings. The molecule has 0 radical (unpaired) electrons. The summed E-state index contributed by atoms with van der Waals surface area (Å²) < 4.78 is 64.1. The maximum atomic E-state index is 12.0. The highest BCUT2D eigenvalue weighted by Gasteiger charge is 2.33. The van der Waals surface area contributed by atoms with Gasteiger partial charge in [0.05, 0.1) is 0 Å². The molecule has 0 amide bonds. The van der Waals surface area contributed by atoms with Crippen LogP contribution in [0.1, 0.15) is 0 Å². The Hall–Kier alpha value is -1.28. The van der Waals surface area contributed by atoms with E-state index in [4.69, 9.17) is 0 Å². The van der Waals surface area contributed by atoms with Crippen LogP contribution in [-0.2, 0) is 10.0 Å². The second kappa shape index (κ2) is 4.30. The van der Waals surface area contributed by atoms with Crippen LogP contribution < -0.4 is 9.46 Å². The third-order valence-corrected chi connectivity index (χ3v) is 3.09. The molecule has 90 valence electrons. The molecular weight excluding hydrogens is 247 g/mol. The predicted octanol–water partition coefficient (Wildman–Crippen LogP) is 1.49. The summed E-state index contributed by atoms with van der Waals surface area (Å²) in [7, 11) is -2.88. The number of hydrogen-bond acceptors (Lipinski definition) is 3. The fourth-order valence-electron chi connectivity index (χ4n) is 0.991. The molecule has 0 unspecified atom stereocenters. The van der Waals surface area contributed by atoms with Crippen molar-refractivity contribution in [3.8, 4) is 5.75 Å². The third-order valence-electron chi connectivity index (χ3n) is 1.63. The van der Waals surface area contributed by atoms with Crippen LogP contribution >= 0.6 is 0 Å². The van der Waals surface area contributed by atoms with Crippen molar-refractivity contribution in [1.29, 1.82) is 0 Å². The summed E-state index contributed by atoms with van der Waals surface area (Å²) in [4.78, 5) is -0.560. The summed E-state index contributed by atoms with van der Waals surface area (Å²) in [6.07, 6.45) is -4.93. The number of rotatable bonds is 3. The van der Waals surface area contributed by atoms with Gasteiger partial charge in [-0.1, -0.05) is 12.1 Å². The zero-order valence-corrected chi connectivity index (χ0v) is 8.89. The van der Waals surface area contributed by atoms with Gasteiger partial charge in [-0.2, -0.15) is 0 Å². The largest absolute Gasteiger partial charge is 0.573 e. The molecule has 1 N–H and O–H groups in total. The van der Waals surface area contributed by atoms with Gasteiger partial charge in [0.25, 0.3) is 0 Å². The van der Waals surface area contributed by atoms with E-state index in [1.807, 2.05) is 4.72 Å². The molecule has 8 heteroatoms. The molecular formula is C8H8F3NO3S. The van der Waals surface area contributed by atoms with Gasteiger partial charge in [-0.3, -0.25) is 0 Å². The Morgan fingerprint density at radius 1 is 1.25 bits per heavy atom. The molecule has 16 heavy (non-hydrogen) atoms. The molecule has 4 nitrogen and oxygen atoms in total. The lowest BCUT2D eigenvalue weighted by molar-refractivity contribution is -0.275. The molecule has 0 spiro atoms. The highest BCUT2D eigenvalue weighted by Crippen LogP contribution is 2.28. The molecule has 1 aromatic carbocycles. The van der Waals surface area contributed by atoms with Gasteiger partial charge >= 0.3 is 6.36 Å². The van der Waals surface area contributed by atoms with Crippen molar-refractivity contribution in [3.05, 3.63) is 24.3 Å². The zero-order valence-electron chi connectivity index (χ0n) is 8.08. The maximum absolute atomic E-state index is 12.0. The van der Waals surface area contributed by atoms with Crippen LogP contribution in [0.3, 0.4) is 0 Å². The fraction of sp³-hybridized carbons (Fsp3) is 0.250. The van der Waals surface area contributed by atoms with E-state index in [1.165, 1.54) is 12.1 Å². The van der Waals surface area contributed by atoms with E-state index >= 15 is 0 Å². The molecule has 0 bridgehead atoms. The van der Waals surface area contributed by atoms with Crippen molar-refractivity contribution < 1.29 is 26.3 Å². The molecule has 0 aliphatic heterocycles. The van der Waals surface area contributed by atoms with E-state index in [2.05, 4.69) is 4.74 Å². The van der Waals surface area contributed by atoms with Crippen LogP contribution in [0.15, 0.2) is 29.2 Å². The van der Waals surface area contributed by atoms with Gasteiger partial charge in [0.15, 0.2) is 0 Å². The minimum Gasteiger partial charge on any atom is -0.404 e. The highest BCUT2D eigenvalue weighted by atomic mass is 32.2. The van der Waals surface area contributed by atoms with E-state index in [1.54, 1.807) is 0 Å². The second-order valence-corrected chi connectivity index (χ2v) is 4.56. The molecule has 0 saturated heterocycles. The van der Waals surface area contributed by atoms with Crippen molar-refractivity contribution in [2.45, 2.75) is 11.3 Å². The Morgan fingerprint density at radius 3 is 2.31 bits per heavy atom. The topological polar surface area (TPSA) is 55.4 Å². The number of alkyl halides is 3. The Bertz CT molecular complexity index is 470. The molecule has 1 rings (SSSR count). The second-order valence-electron chi connectivity index (χ2n) is 2.70. The first-order valence-electron chi connectivity index (χ1n) is 4.04. The number of para-hydroxylation sites is 1. The molecule has 0 saturated carbocycles. The van der Waals surface area contributed by atoms with Crippen molar-refractivity contribution in [1.82, 2.24) is 4.72 Å². The minimum absolute atomic E-state index is 0.560. The fourth-order valence-corrected chi connectivity index (χ4v) is 1.84. The summed E-state index contributed by atoms with van der Waals surface area (Å²) in [5.74, 6) is -0.760. The quantitative estimate of drug-likeness (QED) is 0.890. The SMILES string of the molecule is CNS(=O)(=O)c1ccccc1OC(F)(F)F. The van der Waals surface area contributed by atoms with Crippen molar-refractivity contribution >= 4 is 10.0 Å². The third kappa shape index (κ3) is 3.11. The highest BCUT2D eigenvalue weighted by molar-refractivity contribution is 7.89. The Kier molecular flexibility index (Phi) is 3.44. The van der Waals surface area contributed by atoms with Crippen LogP contribution in [-0.4, -0.2) is 21.8 Å². The monoisotopic (exact) mass is 255 g/mol. The van der Waals surface area contributed by atoms with E-state index in [0.717, 1.165) is 19.2 Å². The van der Waals surface area contributed by atoms with E-state index in [0.29, 0.717) is 0 Å². The van der Waals surface area contributed by atoms with Gasteiger partial charge < -0.3 is 4.74 Å². The van der Waals surface area contributed by atoms with Crippen LogP contribution in [0, 0.1) is 0 Å². The Morgan fingerprint density at radius 2 is 1.81 bits per heavy atom.